The average Bonchev–Trinajstić information content (AvgIpc) is 3.72. The Bertz CT molecular complexity index is 1400. The van der Waals surface area contributed by atoms with E-state index < -0.39 is 7.25 Å². The molecule has 15 heteroatoms. The summed E-state index contributed by atoms with van der Waals surface area (Å²) in [4.78, 5) is 0. The summed E-state index contributed by atoms with van der Waals surface area (Å²) in [5.41, 5.74) is 6.96. The minimum Gasteiger partial charge on any atom is -0.418 e. The van der Waals surface area contributed by atoms with Gasteiger partial charge >= 0.3 is 80.7 Å². The number of halogens is 4. The number of hydrogen-bond acceptors (Lipinski definition) is 3. The Morgan fingerprint density at radius 2 is 0.875 bits per heavy atom. The van der Waals surface area contributed by atoms with Gasteiger partial charge in [0.2, 0.25) is 6.29 Å². The van der Waals surface area contributed by atoms with Gasteiger partial charge in [-0.2, -0.15) is 15.3 Å². The van der Waals surface area contributed by atoms with Gasteiger partial charge in [0.1, 0.15) is 0 Å². The van der Waals surface area contributed by atoms with Gasteiger partial charge in [-0.15, -0.1) is 0 Å². The molecular weight excluding hydrogens is 738 g/mol. The first-order chi connectivity index (χ1) is 21.5. The van der Waals surface area contributed by atoms with E-state index in [4.69, 9.17) is 15.3 Å². The van der Waals surface area contributed by atoms with Crippen molar-refractivity contribution in [3.8, 4) is 0 Å². The van der Waals surface area contributed by atoms with E-state index in [1.54, 1.807) is 0 Å². The third kappa shape index (κ3) is 11.6. The molecule has 4 heterocycles. The summed E-state index contributed by atoms with van der Waals surface area (Å²) in [7, 11) is -1.99. The van der Waals surface area contributed by atoms with Gasteiger partial charge in [0, 0.05) is 17.1 Å². The van der Waals surface area contributed by atoms with Crippen LogP contribution in [-0.2, 0) is 31.2 Å². The Kier molecular flexibility index (Phi) is 16.4. The number of imidazole rings is 1. The van der Waals surface area contributed by atoms with Gasteiger partial charge in [-0.05, 0) is 53.7 Å². The summed E-state index contributed by atoms with van der Waals surface area (Å²) >= 11 is 2.94. The molecule has 8 nitrogen and oxygen atoms in total. The SMILES string of the molecule is CC(C)c1cc(C(C)C)n(C(n2nc(C(C)C)cc2C(C)C)n2nc(C(C)C)cc2C(C)C)n1.Cn1cc[n+](C)c1[Se-].F[B-](F)(F)F.[Cu+]. The van der Waals surface area contributed by atoms with Gasteiger partial charge in [0.25, 0.3) is 0 Å². The van der Waals surface area contributed by atoms with Crippen LogP contribution >= 0.6 is 0 Å². The number of aryl methyl sites for hydroxylation is 2. The number of aromatic nitrogens is 8. The summed E-state index contributed by atoms with van der Waals surface area (Å²) < 4.78 is 50.8. The molecule has 0 spiro atoms. The summed E-state index contributed by atoms with van der Waals surface area (Å²) in [6.07, 6.45) is 3.72. The van der Waals surface area contributed by atoms with E-state index in [1.165, 1.54) is 17.1 Å². The van der Waals surface area contributed by atoms with E-state index in [2.05, 4.69) is 131 Å². The molecular formula is C33H54BCuF4N8Se. The molecule has 0 saturated heterocycles. The van der Waals surface area contributed by atoms with E-state index >= 15 is 0 Å². The molecule has 0 aliphatic carbocycles. The molecule has 48 heavy (non-hydrogen) atoms. The van der Waals surface area contributed by atoms with Crippen molar-refractivity contribution in [3.63, 3.8) is 0 Å². The van der Waals surface area contributed by atoms with Crippen LogP contribution in [0.4, 0.5) is 17.3 Å². The minimum absolute atomic E-state index is 0. The van der Waals surface area contributed by atoms with Crippen molar-refractivity contribution in [1.82, 2.24) is 33.9 Å². The molecule has 0 fully saturated rings. The number of nitrogens with zero attached hydrogens (tertiary/aromatic N) is 8. The molecule has 0 aliphatic heterocycles. The molecule has 0 bridgehead atoms. The summed E-state index contributed by atoms with van der Waals surface area (Å²) in [6.45, 7) is 26.7. The quantitative estimate of drug-likeness (QED) is 0.100. The molecule has 0 N–H and O–H groups in total. The molecule has 4 rings (SSSR count). The first-order valence-electron chi connectivity index (χ1n) is 16.4. The smallest absolute Gasteiger partial charge is 0.418 e. The average molecular weight is 792 g/mol. The van der Waals surface area contributed by atoms with Crippen LogP contribution in [0.5, 0.6) is 0 Å². The van der Waals surface area contributed by atoms with E-state index in [1.807, 2.05) is 35.6 Å². The Labute approximate surface area is 303 Å². The van der Waals surface area contributed by atoms with Crippen molar-refractivity contribution in [3.05, 3.63) is 64.8 Å². The molecule has 0 unspecified atom stereocenters. The van der Waals surface area contributed by atoms with Crippen molar-refractivity contribution in [1.29, 1.82) is 0 Å². The Morgan fingerprint density at radius 3 is 1.02 bits per heavy atom. The van der Waals surface area contributed by atoms with E-state index in [0.29, 0.717) is 35.5 Å². The van der Waals surface area contributed by atoms with E-state index in [-0.39, 0.29) is 23.4 Å². The van der Waals surface area contributed by atoms with Gasteiger partial charge in [0.05, 0.1) is 17.1 Å². The summed E-state index contributed by atoms with van der Waals surface area (Å²) in [5, 5.41) is 15.6. The molecule has 0 saturated carbocycles. The van der Waals surface area contributed by atoms with Gasteiger partial charge < -0.3 is 17.3 Å². The monoisotopic (exact) mass is 792 g/mol. The Hall–Kier alpha value is -2.34. The van der Waals surface area contributed by atoms with Gasteiger partial charge in [-0.1, -0.05) is 83.1 Å². The van der Waals surface area contributed by atoms with Crippen molar-refractivity contribution >= 4 is 28.0 Å². The maximum atomic E-state index is 9.75. The maximum absolute atomic E-state index is 9.75. The second kappa shape index (κ2) is 18.1. The normalized spacial score (nSPS) is 11.9. The molecule has 4 aromatic rings. The number of hydrogen-bond donors (Lipinski definition) is 0. The largest absolute Gasteiger partial charge is 1.00 e. The zero-order chi connectivity index (χ0) is 36.1. The van der Waals surface area contributed by atoms with Crippen molar-refractivity contribution in [2.45, 2.75) is 125 Å². The van der Waals surface area contributed by atoms with Crippen molar-refractivity contribution in [2.24, 2.45) is 14.1 Å². The van der Waals surface area contributed by atoms with Crippen LogP contribution in [0.25, 0.3) is 0 Å². The van der Waals surface area contributed by atoms with Crippen LogP contribution in [0.2, 0.25) is 0 Å². The zero-order valence-electron chi connectivity index (χ0n) is 30.8. The third-order valence-corrected chi connectivity index (χ3v) is 8.88. The maximum Gasteiger partial charge on any atom is 1.00 e. The minimum atomic E-state index is -6.00. The molecule has 0 atom stereocenters. The van der Waals surface area contributed by atoms with E-state index in [0.717, 1.165) is 21.8 Å². The van der Waals surface area contributed by atoms with Crippen LogP contribution in [0.1, 0.15) is 159 Å². The predicted molar refractivity (Wildman–Crippen MR) is 183 cm³/mol. The summed E-state index contributed by atoms with van der Waals surface area (Å²) in [6, 6.07) is 6.81. The fourth-order valence-corrected chi connectivity index (χ4v) is 5.12. The zero-order valence-corrected chi connectivity index (χ0v) is 33.5. The van der Waals surface area contributed by atoms with Crippen molar-refractivity contribution < 1.29 is 38.9 Å². The van der Waals surface area contributed by atoms with Crippen molar-refractivity contribution in [2.75, 3.05) is 0 Å². The second-order valence-corrected chi connectivity index (χ2v) is 14.7. The predicted octanol–water partition coefficient (Wildman–Crippen LogP) is 7.51. The topological polar surface area (TPSA) is 62.3 Å². The van der Waals surface area contributed by atoms with Crippen LogP contribution in [-0.4, -0.2) is 57.2 Å². The number of rotatable bonds is 9. The Balaban J connectivity index is 0.000000687. The molecule has 274 valence electrons. The van der Waals surface area contributed by atoms with Gasteiger partial charge in [0.15, 0.2) is 0 Å². The van der Waals surface area contributed by atoms with Gasteiger partial charge in [-0.3, -0.25) is 0 Å². The van der Waals surface area contributed by atoms with Crippen LogP contribution in [0.3, 0.4) is 0 Å². The fraction of sp³-hybridized carbons (Fsp3) is 0.636. The first-order valence-corrected chi connectivity index (χ1v) is 17.2. The standard InChI is InChI=1S/C28H46N6.C5H8N2Se.BF4.Cu/c1-16(2)22-13-25(19(7)8)32(29-22)28(33-26(20(9)10)14-23(30-33)17(3)4)34-27(21(11)12)15-24(31-34)18(5)6;1-6-3-4-7(2)5(6)8;2-1(3,4)5;/h13-21,28H,1-12H3;3-4H,1-2H3;;/q;;-1;+1. The van der Waals surface area contributed by atoms with Gasteiger partial charge in [-0.25, -0.2) is 14.0 Å². The molecule has 0 aliphatic rings. The molecule has 0 amide bonds. The van der Waals surface area contributed by atoms with Crippen LogP contribution < -0.4 is 9.29 Å². The van der Waals surface area contributed by atoms with E-state index in [9.17, 15) is 17.3 Å². The molecule has 4 aromatic heterocycles. The second-order valence-electron chi connectivity index (χ2n) is 13.9. The Morgan fingerprint density at radius 1 is 0.604 bits per heavy atom. The fourth-order valence-electron chi connectivity index (χ4n) is 4.87. The molecule has 0 aromatic carbocycles. The summed E-state index contributed by atoms with van der Waals surface area (Å²) in [5.74, 6) is 2.02. The molecule has 0 radical (unpaired) electrons. The first kappa shape index (κ1) is 43.7. The van der Waals surface area contributed by atoms with Crippen LogP contribution in [0.15, 0.2) is 30.6 Å². The third-order valence-electron chi connectivity index (χ3n) is 7.67. The van der Waals surface area contributed by atoms with Crippen LogP contribution in [0, 0.1) is 0 Å².